The molecular weight excluding hydrogens is 550 g/mol. The van der Waals surface area contributed by atoms with Crippen LogP contribution in [-0.2, 0) is 28.7 Å². The molecule has 4 aliphatic heterocycles. The molecule has 0 bridgehead atoms. The quantitative estimate of drug-likeness (QED) is 0.256. The predicted molar refractivity (Wildman–Crippen MR) is 158 cm³/mol. The first kappa shape index (κ1) is 30.9. The molecule has 5 rings (SSSR count). The van der Waals surface area contributed by atoms with Gasteiger partial charge in [-0.2, -0.15) is 0 Å². The van der Waals surface area contributed by atoms with E-state index in [4.69, 9.17) is 9.47 Å². The number of carbonyl (C=O) groups is 4. The third kappa shape index (κ3) is 6.26. The minimum Gasteiger partial charge on any atom is -0.463 e. The van der Waals surface area contributed by atoms with Crippen LogP contribution in [0.1, 0.15) is 63.5 Å². The average molecular weight is 594 g/mol. The highest BCUT2D eigenvalue weighted by atomic mass is 16.5. The molecule has 1 spiro atoms. The zero-order chi connectivity index (χ0) is 30.4. The molecule has 232 valence electrons. The molecule has 0 radical (unpaired) electrons. The normalized spacial score (nSPS) is 31.7. The molecule has 0 aromatic heterocycles. The molecule has 10 nitrogen and oxygen atoms in total. The summed E-state index contributed by atoms with van der Waals surface area (Å²) in [5, 5.41) is 12.3. The van der Waals surface area contributed by atoms with Gasteiger partial charge in [-0.05, 0) is 37.7 Å². The number of carbonyl (C=O) groups excluding carboxylic acids is 4. The number of nitrogens with zero attached hydrogens (tertiary/aromatic N) is 2. The van der Waals surface area contributed by atoms with E-state index in [-0.39, 0.29) is 43.3 Å². The molecule has 0 unspecified atom stereocenters. The van der Waals surface area contributed by atoms with Gasteiger partial charge in [-0.1, -0.05) is 68.0 Å². The highest BCUT2D eigenvalue weighted by Crippen LogP contribution is 2.53. The molecule has 4 aliphatic rings. The van der Waals surface area contributed by atoms with Crippen LogP contribution in [0.2, 0.25) is 0 Å². The predicted octanol–water partition coefficient (Wildman–Crippen LogP) is 2.68. The Bertz CT molecular complexity index is 1230. The summed E-state index contributed by atoms with van der Waals surface area (Å²) in [6.45, 7) is 3.42. The fraction of sp³-hybridized carbons (Fsp3) is 0.576. The number of hydrogen-bond donors (Lipinski definition) is 2. The molecular formula is C33H43N3O7. The Morgan fingerprint density at radius 3 is 2.58 bits per heavy atom. The Kier molecular flexibility index (Phi) is 9.97. The van der Waals surface area contributed by atoms with Crippen LogP contribution < -0.4 is 5.32 Å². The van der Waals surface area contributed by atoms with Crippen LogP contribution in [0.4, 0.5) is 0 Å². The number of amides is 3. The molecule has 1 aromatic rings. The second-order valence-corrected chi connectivity index (χ2v) is 11.8. The van der Waals surface area contributed by atoms with Gasteiger partial charge in [-0.3, -0.25) is 19.2 Å². The summed E-state index contributed by atoms with van der Waals surface area (Å²) in [6.07, 6.45) is 10.8. The van der Waals surface area contributed by atoms with Gasteiger partial charge in [0, 0.05) is 32.7 Å². The van der Waals surface area contributed by atoms with E-state index in [1.54, 1.807) is 22.0 Å². The fourth-order valence-electron chi connectivity index (χ4n) is 6.85. The van der Waals surface area contributed by atoms with E-state index in [1.165, 1.54) is 0 Å². The summed E-state index contributed by atoms with van der Waals surface area (Å²) < 4.78 is 12.3. The summed E-state index contributed by atoms with van der Waals surface area (Å²) in [7, 11) is 0. The van der Waals surface area contributed by atoms with Crippen molar-refractivity contribution < 1.29 is 33.8 Å². The van der Waals surface area contributed by atoms with Gasteiger partial charge < -0.3 is 29.7 Å². The Morgan fingerprint density at radius 1 is 1.00 bits per heavy atom. The number of ether oxygens (including phenoxy) is 2. The molecule has 0 aliphatic carbocycles. The molecule has 10 heteroatoms. The van der Waals surface area contributed by atoms with Crippen molar-refractivity contribution in [2.45, 2.75) is 75.7 Å². The number of benzene rings is 1. The van der Waals surface area contributed by atoms with Gasteiger partial charge in [0.15, 0.2) is 0 Å². The van der Waals surface area contributed by atoms with Crippen molar-refractivity contribution in [3.63, 3.8) is 0 Å². The van der Waals surface area contributed by atoms with Crippen LogP contribution >= 0.6 is 0 Å². The smallest absolute Gasteiger partial charge is 0.306 e. The zero-order valence-corrected chi connectivity index (χ0v) is 24.9. The molecule has 0 saturated carbocycles. The molecule has 4 heterocycles. The largest absolute Gasteiger partial charge is 0.463 e. The fourth-order valence-corrected chi connectivity index (χ4v) is 6.85. The first-order valence-electron chi connectivity index (χ1n) is 15.6. The number of unbranched alkanes of at least 4 members (excludes halogenated alkanes) is 3. The second kappa shape index (κ2) is 13.9. The number of rotatable bonds is 9. The SMILES string of the molecule is CCCCN1CC=C[C@]23O[C@@H]4/C=C\CCC(=O)OC[C@@H](c5ccccc5)NC(=O)[C@@H]4[C@H]2C(=O)N(CCCCCO)[C@@H]3C1=O. The Balaban J connectivity index is 1.54. The molecule has 1 aromatic carbocycles. The maximum Gasteiger partial charge on any atom is 0.306 e. The van der Waals surface area contributed by atoms with Crippen LogP contribution in [0.5, 0.6) is 0 Å². The van der Waals surface area contributed by atoms with E-state index in [1.807, 2.05) is 42.5 Å². The van der Waals surface area contributed by atoms with Gasteiger partial charge in [-0.25, -0.2) is 0 Å². The van der Waals surface area contributed by atoms with Crippen LogP contribution in [0.15, 0.2) is 54.6 Å². The van der Waals surface area contributed by atoms with Crippen LogP contribution in [-0.4, -0.2) is 89.2 Å². The average Bonchev–Trinajstić information content (AvgIpc) is 3.39. The molecule has 2 N–H and O–H groups in total. The molecule has 6 atom stereocenters. The minimum absolute atomic E-state index is 0.0370. The van der Waals surface area contributed by atoms with Gasteiger partial charge in [0.2, 0.25) is 17.7 Å². The van der Waals surface area contributed by atoms with Crippen molar-refractivity contribution in [1.82, 2.24) is 15.1 Å². The van der Waals surface area contributed by atoms with Crippen molar-refractivity contribution in [2.24, 2.45) is 11.8 Å². The zero-order valence-electron chi connectivity index (χ0n) is 24.9. The Morgan fingerprint density at radius 2 is 1.81 bits per heavy atom. The van der Waals surface area contributed by atoms with E-state index < -0.39 is 35.6 Å². The number of likely N-dealkylation sites (tertiary alicyclic amines) is 1. The maximum atomic E-state index is 14.4. The lowest BCUT2D eigenvalue weighted by Crippen LogP contribution is -2.55. The topological polar surface area (TPSA) is 125 Å². The second-order valence-electron chi connectivity index (χ2n) is 11.8. The number of allylic oxidation sites excluding steroid dienone is 1. The van der Waals surface area contributed by atoms with Crippen molar-refractivity contribution in [1.29, 1.82) is 0 Å². The van der Waals surface area contributed by atoms with Crippen LogP contribution in [0, 0.1) is 11.8 Å². The van der Waals surface area contributed by atoms with E-state index in [2.05, 4.69) is 12.2 Å². The highest BCUT2D eigenvalue weighted by Gasteiger charge is 2.71. The minimum atomic E-state index is -1.31. The summed E-state index contributed by atoms with van der Waals surface area (Å²) >= 11 is 0. The lowest BCUT2D eigenvalue weighted by Gasteiger charge is -2.35. The van der Waals surface area contributed by atoms with Crippen molar-refractivity contribution in [3.8, 4) is 0 Å². The van der Waals surface area contributed by atoms with Crippen molar-refractivity contribution >= 4 is 23.7 Å². The maximum absolute atomic E-state index is 14.4. The number of cyclic esters (lactones) is 1. The van der Waals surface area contributed by atoms with Gasteiger partial charge >= 0.3 is 5.97 Å². The molecule has 3 amide bonds. The number of esters is 1. The van der Waals surface area contributed by atoms with E-state index in [0.717, 1.165) is 18.4 Å². The van der Waals surface area contributed by atoms with E-state index in [9.17, 15) is 24.3 Å². The van der Waals surface area contributed by atoms with E-state index >= 15 is 0 Å². The highest BCUT2D eigenvalue weighted by molar-refractivity contribution is 5.99. The summed E-state index contributed by atoms with van der Waals surface area (Å²) in [5.74, 6) is -2.98. The van der Waals surface area contributed by atoms with E-state index in [0.29, 0.717) is 45.3 Å². The number of hydrogen-bond acceptors (Lipinski definition) is 7. The lowest BCUT2D eigenvalue weighted by atomic mass is 9.77. The summed E-state index contributed by atoms with van der Waals surface area (Å²) in [5.41, 5.74) is -0.531. The third-order valence-corrected chi connectivity index (χ3v) is 8.99. The van der Waals surface area contributed by atoms with Gasteiger partial charge in [0.25, 0.3) is 0 Å². The Hall–Kier alpha value is -3.50. The summed E-state index contributed by atoms with van der Waals surface area (Å²) in [6, 6.07) is 7.78. The Labute approximate surface area is 253 Å². The molecule has 2 saturated heterocycles. The van der Waals surface area contributed by atoms with Gasteiger partial charge in [0.1, 0.15) is 18.2 Å². The van der Waals surface area contributed by atoms with Crippen LogP contribution in [0.25, 0.3) is 0 Å². The molecule has 43 heavy (non-hydrogen) atoms. The van der Waals surface area contributed by atoms with Crippen molar-refractivity contribution in [2.75, 3.05) is 32.8 Å². The number of aliphatic hydroxyl groups is 1. The number of aliphatic hydroxyl groups excluding tert-OH is 1. The van der Waals surface area contributed by atoms with Crippen molar-refractivity contribution in [3.05, 3.63) is 60.2 Å². The monoisotopic (exact) mass is 593 g/mol. The summed E-state index contributed by atoms with van der Waals surface area (Å²) in [4.78, 5) is 58.6. The third-order valence-electron chi connectivity index (χ3n) is 8.99. The van der Waals surface area contributed by atoms with Gasteiger partial charge in [-0.15, -0.1) is 0 Å². The van der Waals surface area contributed by atoms with Crippen LogP contribution in [0.3, 0.4) is 0 Å². The number of fused-ring (bicyclic) bond motifs is 2. The number of nitrogens with one attached hydrogen (secondary N) is 1. The first-order chi connectivity index (χ1) is 20.9. The molecule has 2 fully saturated rings. The first-order valence-corrected chi connectivity index (χ1v) is 15.6. The van der Waals surface area contributed by atoms with Gasteiger partial charge in [0.05, 0.1) is 24.0 Å². The standard InChI is InChI=1S/C33H43N3O7/c1-2-3-18-35-19-12-17-33-28(31(40)36(29(33)32(35)41)20-10-5-11-21-37)27-25(43-33)15-8-9-16-26(38)42-22-24(34-30(27)39)23-13-6-4-7-14-23/h4,6-8,12-15,17,24-25,27-29,37H,2-3,5,9-11,16,18-22H2,1H3,(H,34,39)/b15-8-/t24-,25+,27-,28-,29+,33-/m0/s1. The lowest BCUT2D eigenvalue weighted by molar-refractivity contribution is -0.148.